The summed E-state index contributed by atoms with van der Waals surface area (Å²) in [5.74, 6) is 1.49. The molecule has 2 aromatic rings. The highest BCUT2D eigenvalue weighted by atomic mass is 14.2. The van der Waals surface area contributed by atoms with Crippen LogP contribution in [0.3, 0.4) is 0 Å². The molecule has 2 aromatic carbocycles. The molecule has 0 amide bonds. The van der Waals surface area contributed by atoms with Crippen LogP contribution in [0.5, 0.6) is 0 Å². The van der Waals surface area contributed by atoms with Crippen LogP contribution in [0.25, 0.3) is 16.8 Å². The normalized spacial score (nSPS) is 14.6. The molecule has 0 atom stereocenters. The zero-order chi connectivity index (χ0) is 11.0. The summed E-state index contributed by atoms with van der Waals surface area (Å²) in [4.78, 5) is 0. The first-order chi connectivity index (χ1) is 7.88. The quantitative estimate of drug-likeness (QED) is 0.675. The van der Waals surface area contributed by atoms with Crippen molar-refractivity contribution in [2.24, 2.45) is 0 Å². The van der Waals surface area contributed by atoms with E-state index in [0.29, 0.717) is 0 Å². The van der Waals surface area contributed by atoms with Gasteiger partial charge in [-0.15, -0.1) is 0 Å². The molecule has 1 radical (unpaired) electrons. The van der Waals surface area contributed by atoms with Crippen LogP contribution in [-0.4, -0.2) is 0 Å². The van der Waals surface area contributed by atoms with Gasteiger partial charge in [-0.2, -0.15) is 0 Å². The maximum atomic E-state index is 2.33. The molecule has 0 spiro atoms. The molecule has 1 aliphatic rings. The van der Waals surface area contributed by atoms with E-state index in [-0.39, 0.29) is 0 Å². The second-order valence-electron chi connectivity index (χ2n) is 4.40. The molecule has 0 N–H and O–H groups in total. The molecule has 79 valence electrons. The van der Waals surface area contributed by atoms with Crippen molar-refractivity contribution in [2.45, 2.75) is 19.8 Å². The van der Waals surface area contributed by atoms with E-state index in [9.17, 15) is 0 Å². The van der Waals surface area contributed by atoms with Crippen LogP contribution in [-0.2, 0) is 0 Å². The van der Waals surface area contributed by atoms with E-state index in [1.165, 1.54) is 40.7 Å². The van der Waals surface area contributed by atoms with Gasteiger partial charge in [-0.25, -0.2) is 0 Å². The fraction of sp³-hybridized carbons (Fsp3) is 0.188. The van der Waals surface area contributed by atoms with Crippen LogP contribution in [0.4, 0.5) is 0 Å². The number of rotatable bonds is 2. The van der Waals surface area contributed by atoms with Crippen molar-refractivity contribution in [1.29, 1.82) is 0 Å². The minimum absolute atomic E-state index is 1.18. The Morgan fingerprint density at radius 2 is 1.69 bits per heavy atom. The van der Waals surface area contributed by atoms with E-state index in [1.807, 2.05) is 0 Å². The predicted molar refractivity (Wildman–Crippen MR) is 70.2 cm³/mol. The zero-order valence-corrected chi connectivity index (χ0v) is 9.53. The predicted octanol–water partition coefficient (Wildman–Crippen LogP) is 4.59. The number of allylic oxidation sites excluding steroid dienone is 1. The molecule has 0 bridgehead atoms. The molecule has 0 heterocycles. The molecular formula is C16H15. The fourth-order valence-corrected chi connectivity index (χ4v) is 2.44. The Labute approximate surface area is 96.6 Å². The molecule has 0 saturated heterocycles. The van der Waals surface area contributed by atoms with Gasteiger partial charge in [0.15, 0.2) is 0 Å². The van der Waals surface area contributed by atoms with Crippen molar-refractivity contribution < 1.29 is 0 Å². The summed E-state index contributed by atoms with van der Waals surface area (Å²) in [6.45, 7) is 2.24. The van der Waals surface area contributed by atoms with Gasteiger partial charge in [-0.1, -0.05) is 49.8 Å². The number of hydrogen-bond donors (Lipinski definition) is 0. The molecule has 0 saturated carbocycles. The molecule has 0 nitrogen and oxygen atoms in total. The maximum absolute atomic E-state index is 2.33. The summed E-state index contributed by atoms with van der Waals surface area (Å²) in [5.41, 5.74) is 2.81. The van der Waals surface area contributed by atoms with Gasteiger partial charge in [0.25, 0.3) is 0 Å². The van der Waals surface area contributed by atoms with Crippen LogP contribution in [0.15, 0.2) is 42.5 Å². The van der Waals surface area contributed by atoms with Crippen molar-refractivity contribution in [1.82, 2.24) is 0 Å². The average molecular weight is 207 g/mol. The lowest BCUT2D eigenvalue weighted by molar-refractivity contribution is 0.867. The summed E-state index contributed by atoms with van der Waals surface area (Å²) >= 11 is 0. The van der Waals surface area contributed by atoms with Crippen molar-refractivity contribution in [3.63, 3.8) is 0 Å². The monoisotopic (exact) mass is 207 g/mol. The van der Waals surface area contributed by atoms with Gasteiger partial charge < -0.3 is 0 Å². The molecule has 0 aliphatic heterocycles. The van der Waals surface area contributed by atoms with Gasteiger partial charge in [-0.3, -0.25) is 0 Å². The average Bonchev–Trinajstić information content (AvgIpc) is 2.70. The Balaban J connectivity index is 2.15. The topological polar surface area (TPSA) is 0 Å². The fourth-order valence-electron chi connectivity index (χ4n) is 2.44. The third kappa shape index (κ3) is 1.46. The minimum atomic E-state index is 1.18. The lowest BCUT2D eigenvalue weighted by Crippen LogP contribution is -1.93. The second kappa shape index (κ2) is 3.79. The molecule has 3 rings (SSSR count). The van der Waals surface area contributed by atoms with E-state index < -0.39 is 0 Å². The SMILES string of the molecule is CCC[C]1C=Cc2cc3ccccc3cc21. The van der Waals surface area contributed by atoms with E-state index in [4.69, 9.17) is 0 Å². The molecule has 0 unspecified atom stereocenters. The number of benzene rings is 2. The standard InChI is InChI=1S/C16H15/c1-2-5-12-8-9-15-10-13-6-3-4-7-14(13)11-16(12)15/h3-4,6-11H,2,5H2,1H3. The highest BCUT2D eigenvalue weighted by Gasteiger charge is 2.17. The Morgan fingerprint density at radius 1 is 0.938 bits per heavy atom. The third-order valence-electron chi connectivity index (χ3n) is 3.25. The lowest BCUT2D eigenvalue weighted by atomic mass is 9.94. The van der Waals surface area contributed by atoms with Gasteiger partial charge in [0.1, 0.15) is 0 Å². The van der Waals surface area contributed by atoms with Gasteiger partial charge >= 0.3 is 0 Å². The number of fused-ring (bicyclic) bond motifs is 2. The first-order valence-corrected chi connectivity index (χ1v) is 5.95. The van der Waals surface area contributed by atoms with Crippen molar-refractivity contribution in [2.75, 3.05) is 0 Å². The van der Waals surface area contributed by atoms with Crippen LogP contribution >= 0.6 is 0 Å². The van der Waals surface area contributed by atoms with Crippen molar-refractivity contribution >= 4 is 16.8 Å². The zero-order valence-electron chi connectivity index (χ0n) is 9.53. The smallest absolute Gasteiger partial charge is 0.0273 e. The summed E-state index contributed by atoms with van der Waals surface area (Å²) in [5, 5.41) is 2.68. The second-order valence-corrected chi connectivity index (χ2v) is 4.40. The third-order valence-corrected chi connectivity index (χ3v) is 3.25. The van der Waals surface area contributed by atoms with E-state index in [1.54, 1.807) is 0 Å². The molecule has 16 heavy (non-hydrogen) atoms. The van der Waals surface area contributed by atoms with Gasteiger partial charge in [0.2, 0.25) is 0 Å². The summed E-state index contributed by atoms with van der Waals surface area (Å²) in [6, 6.07) is 13.2. The van der Waals surface area contributed by atoms with Crippen molar-refractivity contribution in [3.8, 4) is 0 Å². The molecule has 1 aliphatic carbocycles. The first-order valence-electron chi connectivity index (χ1n) is 5.95. The Bertz CT molecular complexity index is 549. The lowest BCUT2D eigenvalue weighted by Gasteiger charge is -2.10. The first kappa shape index (κ1) is 9.65. The largest absolute Gasteiger partial charge is 0.0721 e. The maximum Gasteiger partial charge on any atom is 0.0273 e. The summed E-state index contributed by atoms with van der Waals surface area (Å²) in [6.07, 6.45) is 6.91. The molecule has 0 heteroatoms. The highest BCUT2D eigenvalue weighted by molar-refractivity contribution is 5.88. The van der Waals surface area contributed by atoms with Crippen LogP contribution in [0.1, 0.15) is 30.9 Å². The van der Waals surface area contributed by atoms with E-state index in [0.717, 1.165) is 0 Å². The van der Waals surface area contributed by atoms with Crippen LogP contribution in [0, 0.1) is 5.92 Å². The van der Waals surface area contributed by atoms with Gasteiger partial charge in [0, 0.05) is 5.92 Å². The number of hydrogen-bond acceptors (Lipinski definition) is 0. The summed E-state index contributed by atoms with van der Waals surface area (Å²) < 4.78 is 0. The Kier molecular flexibility index (Phi) is 2.28. The molecule has 0 fully saturated rings. The van der Waals surface area contributed by atoms with E-state index in [2.05, 4.69) is 55.5 Å². The van der Waals surface area contributed by atoms with Gasteiger partial charge in [-0.05, 0) is 40.5 Å². The highest BCUT2D eigenvalue weighted by Crippen LogP contribution is 2.35. The minimum Gasteiger partial charge on any atom is -0.0721 e. The van der Waals surface area contributed by atoms with Gasteiger partial charge in [0.05, 0.1) is 0 Å². The Morgan fingerprint density at radius 3 is 2.44 bits per heavy atom. The van der Waals surface area contributed by atoms with E-state index >= 15 is 0 Å². The molecule has 0 aromatic heterocycles. The van der Waals surface area contributed by atoms with Crippen LogP contribution in [0.2, 0.25) is 0 Å². The van der Waals surface area contributed by atoms with Crippen LogP contribution < -0.4 is 0 Å². The molecular weight excluding hydrogens is 192 g/mol. The van der Waals surface area contributed by atoms with Crippen molar-refractivity contribution in [3.05, 3.63) is 59.5 Å². The summed E-state index contributed by atoms with van der Waals surface area (Å²) in [7, 11) is 0. The Hall–Kier alpha value is -1.56.